The lowest BCUT2D eigenvalue weighted by molar-refractivity contribution is -0.136. The molecule has 2 aliphatic rings. The molecule has 146 valence electrons. The summed E-state index contributed by atoms with van der Waals surface area (Å²) in [6.07, 6.45) is 11.9. The molecule has 1 aliphatic heterocycles. The molecule has 1 saturated carbocycles. The monoisotopic (exact) mass is 378 g/mol. The van der Waals surface area contributed by atoms with Crippen molar-refractivity contribution in [2.45, 2.75) is 44.6 Å². The minimum Gasteiger partial charge on any atom is -0.354 e. The van der Waals surface area contributed by atoms with Crippen LogP contribution >= 0.6 is 0 Å². The zero-order valence-corrected chi connectivity index (χ0v) is 16.3. The van der Waals surface area contributed by atoms with Crippen LogP contribution in [-0.2, 0) is 4.79 Å². The van der Waals surface area contributed by atoms with E-state index in [2.05, 4.69) is 24.8 Å². The summed E-state index contributed by atoms with van der Waals surface area (Å²) >= 11 is 0. The maximum Gasteiger partial charge on any atom is 0.225 e. The average molecular weight is 378 g/mol. The maximum absolute atomic E-state index is 12.9. The Morgan fingerprint density at radius 2 is 2.04 bits per heavy atom. The van der Waals surface area contributed by atoms with Crippen LogP contribution in [0.3, 0.4) is 0 Å². The predicted octanol–water partition coefficient (Wildman–Crippen LogP) is 3.12. The van der Waals surface area contributed by atoms with Crippen molar-refractivity contribution in [3.05, 3.63) is 24.8 Å². The molecule has 1 saturated heterocycles. The van der Waals surface area contributed by atoms with Gasteiger partial charge >= 0.3 is 0 Å². The molecule has 0 spiro atoms. The highest BCUT2D eigenvalue weighted by molar-refractivity contribution is 6.08. The molecule has 1 unspecified atom stereocenters. The molecule has 2 fully saturated rings. The van der Waals surface area contributed by atoms with Gasteiger partial charge in [-0.05, 0) is 31.7 Å². The molecule has 1 N–H and O–H groups in total. The number of hydrogen-bond donors (Lipinski definition) is 1. The van der Waals surface area contributed by atoms with Crippen molar-refractivity contribution in [1.82, 2.24) is 24.8 Å². The number of likely N-dealkylation sites (N-methyl/N-ethyl adjacent to an activating group) is 1. The van der Waals surface area contributed by atoms with Crippen LogP contribution in [0.15, 0.2) is 24.8 Å². The van der Waals surface area contributed by atoms with Crippen molar-refractivity contribution < 1.29 is 4.79 Å². The molecule has 5 rings (SSSR count). The van der Waals surface area contributed by atoms with E-state index in [9.17, 15) is 4.79 Å². The fraction of sp³-hybridized carbons (Fsp3) is 0.524. The second-order valence-corrected chi connectivity index (χ2v) is 8.13. The highest BCUT2D eigenvalue weighted by atomic mass is 16.2. The second-order valence-electron chi connectivity index (χ2n) is 8.13. The molecule has 0 bridgehead atoms. The van der Waals surface area contributed by atoms with Crippen LogP contribution in [0.25, 0.3) is 21.9 Å². The molecular weight excluding hydrogens is 352 g/mol. The third kappa shape index (κ3) is 2.89. The molecule has 1 atom stereocenters. The van der Waals surface area contributed by atoms with E-state index in [0.717, 1.165) is 66.5 Å². The highest BCUT2D eigenvalue weighted by Crippen LogP contribution is 2.32. The smallest absolute Gasteiger partial charge is 0.225 e. The Balaban J connectivity index is 1.45. The van der Waals surface area contributed by atoms with Crippen LogP contribution in [0, 0.1) is 5.92 Å². The van der Waals surface area contributed by atoms with Gasteiger partial charge in [-0.15, -0.1) is 0 Å². The van der Waals surface area contributed by atoms with Gasteiger partial charge in [-0.25, -0.2) is 15.0 Å². The molecular formula is C21H26N6O. The van der Waals surface area contributed by atoms with E-state index < -0.39 is 0 Å². The molecule has 1 aliphatic carbocycles. The summed E-state index contributed by atoms with van der Waals surface area (Å²) in [4.78, 5) is 33.9. The Labute approximate surface area is 164 Å². The number of carbonyl (C=O) groups is 1. The lowest BCUT2D eigenvalue weighted by Gasteiger charge is -2.39. The Hall–Kier alpha value is -2.70. The first-order valence-electron chi connectivity index (χ1n) is 10.3. The van der Waals surface area contributed by atoms with Crippen LogP contribution in [0.4, 0.5) is 5.82 Å². The van der Waals surface area contributed by atoms with Gasteiger partial charge in [0.05, 0.1) is 23.4 Å². The maximum atomic E-state index is 12.9. The summed E-state index contributed by atoms with van der Waals surface area (Å²) in [5.41, 5.74) is 1.71. The summed E-state index contributed by atoms with van der Waals surface area (Å²) in [5, 5.41) is 2.09. The number of pyridine rings is 1. The third-order valence-corrected chi connectivity index (χ3v) is 6.46. The molecule has 1 amide bonds. The van der Waals surface area contributed by atoms with Crippen molar-refractivity contribution in [3.63, 3.8) is 0 Å². The van der Waals surface area contributed by atoms with E-state index in [0.29, 0.717) is 5.91 Å². The van der Waals surface area contributed by atoms with Crippen LogP contribution in [0.2, 0.25) is 0 Å². The van der Waals surface area contributed by atoms with Gasteiger partial charge in [0, 0.05) is 43.7 Å². The summed E-state index contributed by atoms with van der Waals surface area (Å²) in [6, 6.07) is 2.24. The lowest BCUT2D eigenvalue weighted by atomic mass is 10.0. The number of piperidine rings is 1. The Bertz CT molecular complexity index is 1010. The number of nitrogens with zero attached hydrogens (tertiary/aromatic N) is 5. The van der Waals surface area contributed by atoms with E-state index in [-0.39, 0.29) is 12.0 Å². The number of hydrogen-bond acceptors (Lipinski definition) is 5. The van der Waals surface area contributed by atoms with Crippen molar-refractivity contribution in [2.75, 3.05) is 25.0 Å². The summed E-state index contributed by atoms with van der Waals surface area (Å²) < 4.78 is 0. The van der Waals surface area contributed by atoms with Gasteiger partial charge in [0.25, 0.3) is 0 Å². The van der Waals surface area contributed by atoms with E-state index >= 15 is 0 Å². The minimum absolute atomic E-state index is 0.228. The van der Waals surface area contributed by atoms with Gasteiger partial charge in [0.2, 0.25) is 5.91 Å². The molecule has 28 heavy (non-hydrogen) atoms. The first kappa shape index (κ1) is 17.4. The van der Waals surface area contributed by atoms with Gasteiger partial charge in [0.15, 0.2) is 5.65 Å². The van der Waals surface area contributed by atoms with E-state index in [4.69, 9.17) is 0 Å². The topological polar surface area (TPSA) is 78.0 Å². The van der Waals surface area contributed by atoms with Crippen LogP contribution in [-0.4, -0.2) is 56.9 Å². The fourth-order valence-electron chi connectivity index (χ4n) is 4.88. The van der Waals surface area contributed by atoms with Crippen molar-refractivity contribution >= 4 is 33.7 Å². The van der Waals surface area contributed by atoms with Crippen LogP contribution in [0.5, 0.6) is 0 Å². The quantitative estimate of drug-likeness (QED) is 0.758. The number of rotatable bonds is 3. The first-order valence-corrected chi connectivity index (χ1v) is 10.3. The van der Waals surface area contributed by atoms with E-state index in [1.54, 1.807) is 12.5 Å². The SMILES string of the molecule is CN(C(=O)C1CCCC1)C1CCCN(c2nc[nH]c3cnc4nccc4c23)C1. The largest absolute Gasteiger partial charge is 0.354 e. The Morgan fingerprint density at radius 3 is 2.89 bits per heavy atom. The number of nitrogens with one attached hydrogen (secondary N) is 1. The van der Waals surface area contributed by atoms with E-state index in [1.807, 2.05) is 24.2 Å². The third-order valence-electron chi connectivity index (χ3n) is 6.46. The van der Waals surface area contributed by atoms with Crippen molar-refractivity contribution in [1.29, 1.82) is 0 Å². The Morgan fingerprint density at radius 1 is 1.18 bits per heavy atom. The normalized spacial score (nSPS) is 20.9. The molecule has 7 nitrogen and oxygen atoms in total. The summed E-state index contributed by atoms with van der Waals surface area (Å²) in [5.74, 6) is 1.52. The van der Waals surface area contributed by atoms with Gasteiger partial charge in [0.1, 0.15) is 5.82 Å². The lowest BCUT2D eigenvalue weighted by Crippen LogP contribution is -2.50. The van der Waals surface area contributed by atoms with Gasteiger partial charge in [-0.1, -0.05) is 12.8 Å². The zero-order chi connectivity index (χ0) is 19.1. The number of carbonyl (C=O) groups excluding carboxylic acids is 1. The number of anilines is 1. The molecule has 3 aromatic heterocycles. The predicted molar refractivity (Wildman–Crippen MR) is 109 cm³/mol. The number of aromatic amines is 1. The van der Waals surface area contributed by atoms with Crippen LogP contribution < -0.4 is 4.90 Å². The summed E-state index contributed by atoms with van der Waals surface area (Å²) in [6.45, 7) is 1.77. The van der Waals surface area contributed by atoms with Crippen molar-refractivity contribution in [2.24, 2.45) is 5.92 Å². The minimum atomic E-state index is 0.228. The fourth-order valence-corrected chi connectivity index (χ4v) is 4.88. The van der Waals surface area contributed by atoms with Gasteiger partial charge in [-0.2, -0.15) is 0 Å². The first-order chi connectivity index (χ1) is 13.7. The highest BCUT2D eigenvalue weighted by Gasteiger charge is 2.32. The van der Waals surface area contributed by atoms with E-state index in [1.165, 1.54) is 12.8 Å². The molecule has 0 radical (unpaired) electrons. The summed E-state index contributed by atoms with van der Waals surface area (Å²) in [7, 11) is 1.99. The molecule has 0 aromatic carbocycles. The van der Waals surface area contributed by atoms with Crippen molar-refractivity contribution in [3.8, 4) is 0 Å². The number of amides is 1. The van der Waals surface area contributed by atoms with Gasteiger partial charge in [-0.3, -0.25) is 4.79 Å². The van der Waals surface area contributed by atoms with Gasteiger partial charge < -0.3 is 14.8 Å². The molecule has 7 heteroatoms. The number of fused-ring (bicyclic) bond motifs is 3. The average Bonchev–Trinajstić information content (AvgIpc) is 3.44. The standard InChI is InChI=1S/C21H26N6O/c1-26(21(28)14-5-2-3-6-14)15-7-4-10-27(12-15)20-18-16-8-9-22-19(16)23-11-17(18)24-13-25-20/h8-9,11,13-15H,2-7,10,12H2,1H3,(H,24,25). The molecule has 4 heterocycles. The second kappa shape index (κ2) is 7.04. The number of aromatic nitrogens is 4. The zero-order valence-electron chi connectivity index (χ0n) is 16.3. The Kier molecular flexibility index (Phi) is 4.37. The van der Waals surface area contributed by atoms with Crippen LogP contribution in [0.1, 0.15) is 38.5 Å². The number of H-pyrrole nitrogens is 1. The molecule has 3 aromatic rings.